The minimum atomic E-state index is -5.21. The van der Waals surface area contributed by atoms with E-state index in [2.05, 4.69) is 0 Å². The molecule has 0 aliphatic carbocycles. The summed E-state index contributed by atoms with van der Waals surface area (Å²) in [5, 5.41) is 1.75. The van der Waals surface area contributed by atoms with Gasteiger partial charge in [-0.1, -0.05) is 0 Å². The third-order valence-electron chi connectivity index (χ3n) is 2.57. The first-order chi connectivity index (χ1) is 10.8. The van der Waals surface area contributed by atoms with E-state index in [9.17, 15) is 40.3 Å². The van der Waals surface area contributed by atoms with Crippen molar-refractivity contribution < 1.29 is 40.3 Å². The van der Waals surface area contributed by atoms with Crippen LogP contribution in [0.25, 0.3) is 0 Å². The predicted octanol–water partition coefficient (Wildman–Crippen LogP) is 4.25. The maximum Gasteiger partial charge on any atom is 0.450 e. The molecule has 0 atom stereocenters. The quantitative estimate of drug-likeness (QED) is 0.474. The Kier molecular flexibility index (Phi) is 6.26. The Labute approximate surface area is 135 Å². The Morgan fingerprint density at radius 1 is 1.12 bits per heavy atom. The van der Waals surface area contributed by atoms with Crippen LogP contribution >= 0.6 is 11.8 Å². The first-order valence-corrected chi connectivity index (χ1v) is 7.17. The SMILES string of the molecule is Cc1cc(F)c(NC(=O)CC(=O)C(F)(F)F)cc1SCC(F)(F)F. The van der Waals surface area contributed by atoms with Crippen LogP contribution in [0.1, 0.15) is 12.0 Å². The number of aryl methyl sites for hydroxylation is 1. The molecule has 0 saturated heterocycles. The zero-order valence-electron chi connectivity index (χ0n) is 11.9. The molecule has 1 amide bonds. The topological polar surface area (TPSA) is 46.2 Å². The molecule has 1 N–H and O–H groups in total. The predicted molar refractivity (Wildman–Crippen MR) is 72.2 cm³/mol. The highest BCUT2D eigenvalue weighted by atomic mass is 32.2. The molecule has 0 unspecified atom stereocenters. The molecule has 0 saturated carbocycles. The molecular weight excluding hydrogens is 367 g/mol. The van der Waals surface area contributed by atoms with Crippen LogP contribution in [0.5, 0.6) is 0 Å². The van der Waals surface area contributed by atoms with Crippen LogP contribution in [-0.2, 0) is 9.59 Å². The Hall–Kier alpha value is -1.78. The number of amides is 1. The number of halogens is 7. The summed E-state index contributed by atoms with van der Waals surface area (Å²) < 4.78 is 86.4. The van der Waals surface area contributed by atoms with Gasteiger partial charge in [0.05, 0.1) is 17.9 Å². The Balaban J connectivity index is 2.88. The van der Waals surface area contributed by atoms with Crippen LogP contribution < -0.4 is 5.32 Å². The molecule has 1 rings (SSSR count). The Morgan fingerprint density at radius 2 is 1.71 bits per heavy atom. The van der Waals surface area contributed by atoms with Gasteiger partial charge in [-0.25, -0.2) is 4.39 Å². The van der Waals surface area contributed by atoms with E-state index in [1.54, 1.807) is 5.32 Å². The summed E-state index contributed by atoms with van der Waals surface area (Å²) in [5.41, 5.74) is -0.448. The summed E-state index contributed by atoms with van der Waals surface area (Å²) in [6, 6.07) is 1.71. The van der Waals surface area contributed by atoms with Crippen LogP contribution in [0.4, 0.5) is 36.4 Å². The van der Waals surface area contributed by atoms with Gasteiger partial charge in [-0.3, -0.25) is 9.59 Å². The summed E-state index contributed by atoms with van der Waals surface area (Å²) >= 11 is 0.332. The van der Waals surface area contributed by atoms with Gasteiger partial charge in [0.1, 0.15) is 5.82 Å². The number of hydrogen-bond donors (Lipinski definition) is 1. The lowest BCUT2D eigenvalue weighted by Gasteiger charge is -2.12. The van der Waals surface area contributed by atoms with Crippen molar-refractivity contribution >= 4 is 29.1 Å². The molecule has 3 nitrogen and oxygen atoms in total. The van der Waals surface area contributed by atoms with E-state index in [-0.39, 0.29) is 10.5 Å². The number of nitrogens with one attached hydrogen (secondary N) is 1. The van der Waals surface area contributed by atoms with Crippen molar-refractivity contribution in [2.75, 3.05) is 11.1 Å². The molecule has 1 aromatic carbocycles. The summed E-state index contributed by atoms with van der Waals surface area (Å²) in [7, 11) is 0. The number of hydrogen-bond acceptors (Lipinski definition) is 3. The smallest absolute Gasteiger partial charge is 0.323 e. The van der Waals surface area contributed by atoms with Gasteiger partial charge in [0.2, 0.25) is 11.7 Å². The van der Waals surface area contributed by atoms with Gasteiger partial charge >= 0.3 is 12.4 Å². The molecule has 0 spiro atoms. The zero-order chi connectivity index (χ0) is 18.7. The lowest BCUT2D eigenvalue weighted by atomic mass is 10.2. The fourth-order valence-corrected chi connectivity index (χ4v) is 2.31. The van der Waals surface area contributed by atoms with Crippen LogP contribution in [-0.4, -0.2) is 29.8 Å². The van der Waals surface area contributed by atoms with Crippen molar-refractivity contribution in [3.63, 3.8) is 0 Å². The molecule has 0 aliphatic rings. The van der Waals surface area contributed by atoms with Gasteiger partial charge < -0.3 is 5.32 Å². The van der Waals surface area contributed by atoms with Gasteiger partial charge in [0, 0.05) is 4.90 Å². The van der Waals surface area contributed by atoms with E-state index < -0.39 is 47.7 Å². The van der Waals surface area contributed by atoms with Gasteiger partial charge in [-0.05, 0) is 24.6 Å². The molecule has 0 heterocycles. The van der Waals surface area contributed by atoms with Crippen LogP contribution in [0.2, 0.25) is 0 Å². The van der Waals surface area contributed by atoms with E-state index in [1.807, 2.05) is 0 Å². The number of alkyl halides is 6. The van der Waals surface area contributed by atoms with Gasteiger partial charge in [0.25, 0.3) is 0 Å². The van der Waals surface area contributed by atoms with E-state index in [0.29, 0.717) is 11.8 Å². The molecule has 24 heavy (non-hydrogen) atoms. The molecule has 0 aliphatic heterocycles. The molecule has 1 aromatic rings. The lowest BCUT2D eigenvalue weighted by molar-refractivity contribution is -0.171. The number of ketones is 1. The van der Waals surface area contributed by atoms with Crippen molar-refractivity contribution in [2.24, 2.45) is 0 Å². The van der Waals surface area contributed by atoms with Crippen LogP contribution in [0.15, 0.2) is 17.0 Å². The van der Waals surface area contributed by atoms with Crippen molar-refractivity contribution in [3.8, 4) is 0 Å². The van der Waals surface area contributed by atoms with E-state index in [0.717, 1.165) is 12.1 Å². The standard InChI is InChI=1S/C13H10F7NO2S/c1-6-2-7(14)8(3-9(6)24-5-12(15,16)17)21-11(23)4-10(22)13(18,19)20/h2-3H,4-5H2,1H3,(H,21,23). The third kappa shape index (κ3) is 6.38. The van der Waals surface area contributed by atoms with E-state index in [1.165, 1.54) is 6.92 Å². The second-order valence-corrected chi connectivity index (χ2v) is 5.66. The monoisotopic (exact) mass is 377 g/mol. The highest BCUT2D eigenvalue weighted by molar-refractivity contribution is 7.99. The second kappa shape index (κ2) is 7.41. The third-order valence-corrected chi connectivity index (χ3v) is 3.79. The normalized spacial score (nSPS) is 12.2. The van der Waals surface area contributed by atoms with E-state index >= 15 is 0 Å². The van der Waals surface area contributed by atoms with Gasteiger partial charge in [-0.2, -0.15) is 26.3 Å². The Morgan fingerprint density at radius 3 is 2.21 bits per heavy atom. The average Bonchev–Trinajstić information content (AvgIpc) is 2.38. The summed E-state index contributed by atoms with van der Waals surface area (Å²) in [6.45, 7) is 1.33. The number of carbonyl (C=O) groups is 2. The number of benzene rings is 1. The minimum Gasteiger partial charge on any atom is -0.323 e. The maximum absolute atomic E-state index is 13.7. The fourth-order valence-electron chi connectivity index (χ4n) is 1.50. The first-order valence-electron chi connectivity index (χ1n) is 6.19. The van der Waals surface area contributed by atoms with Crippen LogP contribution in [0, 0.1) is 12.7 Å². The summed E-state index contributed by atoms with van der Waals surface area (Å²) in [4.78, 5) is 22.0. The second-order valence-electron chi connectivity index (χ2n) is 4.65. The number of rotatable bonds is 5. The van der Waals surface area contributed by atoms with Crippen LogP contribution in [0.3, 0.4) is 0 Å². The van der Waals surface area contributed by atoms with Crippen molar-refractivity contribution in [3.05, 3.63) is 23.5 Å². The molecule has 0 bridgehead atoms. The van der Waals surface area contributed by atoms with Crippen molar-refractivity contribution in [1.82, 2.24) is 0 Å². The van der Waals surface area contributed by atoms with E-state index in [4.69, 9.17) is 0 Å². The molecule has 0 radical (unpaired) electrons. The summed E-state index contributed by atoms with van der Waals surface area (Å²) in [6.07, 6.45) is -11.2. The highest BCUT2D eigenvalue weighted by Gasteiger charge is 2.39. The molecule has 0 fully saturated rings. The highest BCUT2D eigenvalue weighted by Crippen LogP contribution is 2.32. The summed E-state index contributed by atoms with van der Waals surface area (Å²) in [5.74, 6) is -6.05. The molecule has 134 valence electrons. The molecular formula is C13H10F7NO2S. The van der Waals surface area contributed by atoms with Crippen molar-refractivity contribution in [2.45, 2.75) is 30.6 Å². The molecule has 11 heteroatoms. The minimum absolute atomic E-state index is 0.00817. The first kappa shape index (κ1) is 20.3. The fraction of sp³-hybridized carbons (Fsp3) is 0.385. The lowest BCUT2D eigenvalue weighted by Crippen LogP contribution is -2.28. The number of anilines is 1. The molecule has 0 aromatic heterocycles. The zero-order valence-corrected chi connectivity index (χ0v) is 12.8. The van der Waals surface area contributed by atoms with Gasteiger partial charge in [0.15, 0.2) is 0 Å². The largest absolute Gasteiger partial charge is 0.450 e. The number of thioether (sulfide) groups is 1. The van der Waals surface area contributed by atoms with Gasteiger partial charge in [-0.15, -0.1) is 11.8 Å². The average molecular weight is 377 g/mol. The Bertz CT molecular complexity index is 640. The number of carbonyl (C=O) groups excluding carboxylic acids is 2. The van der Waals surface area contributed by atoms with Crippen molar-refractivity contribution in [1.29, 1.82) is 0 Å². The maximum atomic E-state index is 13.7. The number of Topliss-reactive ketones (excluding diaryl/α,β-unsaturated/α-hetero) is 1.